The topological polar surface area (TPSA) is 94.4 Å². The number of hydrogen-bond acceptors (Lipinski definition) is 6. The summed E-state index contributed by atoms with van der Waals surface area (Å²) in [5.74, 6) is -0.221. The fourth-order valence-corrected chi connectivity index (χ4v) is 4.02. The standard InChI is InChI=1S/C24H23N3O4.C2H6/c1-2-16-10-11-22(26-15-16)23(20-12-13-25-21-9-4-3-8-19(20)21)31-24(28)17-6-5-7-18(14-17)27(29)30;1-2/h2-9,12-14,16,22-23,26H,1,10-11,15H2;1-2H3. The van der Waals surface area contributed by atoms with Crippen LogP contribution in [0.3, 0.4) is 0 Å². The van der Waals surface area contributed by atoms with E-state index in [4.69, 9.17) is 4.74 Å². The van der Waals surface area contributed by atoms with Gasteiger partial charge in [0.05, 0.1) is 16.0 Å². The summed E-state index contributed by atoms with van der Waals surface area (Å²) >= 11 is 0. The van der Waals surface area contributed by atoms with Crippen LogP contribution in [0.2, 0.25) is 0 Å². The molecular formula is C26H29N3O4. The van der Waals surface area contributed by atoms with Gasteiger partial charge in [0.1, 0.15) is 6.10 Å². The Morgan fingerprint density at radius 3 is 2.70 bits per heavy atom. The quantitative estimate of drug-likeness (QED) is 0.228. The van der Waals surface area contributed by atoms with Crippen LogP contribution in [-0.4, -0.2) is 28.5 Å². The van der Waals surface area contributed by atoms with Gasteiger partial charge in [0, 0.05) is 41.9 Å². The van der Waals surface area contributed by atoms with E-state index < -0.39 is 17.0 Å². The third-order valence-corrected chi connectivity index (χ3v) is 5.71. The third-order valence-electron chi connectivity index (χ3n) is 5.71. The molecule has 33 heavy (non-hydrogen) atoms. The number of nitrogens with one attached hydrogen (secondary N) is 1. The van der Waals surface area contributed by atoms with E-state index in [0.717, 1.165) is 35.9 Å². The van der Waals surface area contributed by atoms with E-state index in [-0.39, 0.29) is 17.3 Å². The molecule has 1 saturated heterocycles. The molecule has 0 amide bonds. The lowest BCUT2D eigenvalue weighted by Gasteiger charge is -2.34. The molecule has 7 heteroatoms. The smallest absolute Gasteiger partial charge is 0.339 e. The summed E-state index contributed by atoms with van der Waals surface area (Å²) in [6.45, 7) is 8.63. The molecule has 1 aliphatic rings. The summed E-state index contributed by atoms with van der Waals surface area (Å²) in [5.41, 5.74) is 1.68. The average molecular weight is 448 g/mol. The average Bonchev–Trinajstić information content (AvgIpc) is 2.88. The number of benzene rings is 2. The largest absolute Gasteiger partial charge is 0.452 e. The van der Waals surface area contributed by atoms with Gasteiger partial charge in [-0.15, -0.1) is 6.58 Å². The Balaban J connectivity index is 0.00000149. The van der Waals surface area contributed by atoms with Crippen LogP contribution in [0.4, 0.5) is 5.69 Å². The van der Waals surface area contributed by atoms with Crippen LogP contribution in [0.25, 0.3) is 10.9 Å². The predicted octanol–water partition coefficient (Wildman–Crippen LogP) is 5.62. The van der Waals surface area contributed by atoms with Crippen LogP contribution in [0, 0.1) is 16.0 Å². The van der Waals surface area contributed by atoms with E-state index in [1.54, 1.807) is 6.20 Å². The van der Waals surface area contributed by atoms with Gasteiger partial charge in [0.25, 0.3) is 5.69 Å². The molecule has 0 saturated carbocycles. The molecule has 1 N–H and O–H groups in total. The fraction of sp³-hybridized carbons (Fsp3) is 0.308. The Morgan fingerprint density at radius 1 is 1.21 bits per heavy atom. The van der Waals surface area contributed by atoms with Crippen LogP contribution < -0.4 is 5.32 Å². The second kappa shape index (κ2) is 11.3. The Morgan fingerprint density at radius 2 is 2.00 bits per heavy atom. The zero-order chi connectivity index (χ0) is 23.8. The lowest BCUT2D eigenvalue weighted by molar-refractivity contribution is -0.384. The Hall–Kier alpha value is -3.58. The van der Waals surface area contributed by atoms with Crippen molar-refractivity contribution < 1.29 is 14.5 Å². The third kappa shape index (κ3) is 5.62. The molecule has 1 aliphatic heterocycles. The number of rotatable bonds is 6. The number of piperidine rings is 1. The Kier molecular flexibility index (Phi) is 8.27. The van der Waals surface area contributed by atoms with Crippen LogP contribution in [0.1, 0.15) is 48.7 Å². The van der Waals surface area contributed by atoms with Crippen molar-refractivity contribution in [2.24, 2.45) is 5.92 Å². The first-order chi connectivity index (χ1) is 16.1. The van der Waals surface area contributed by atoms with Crippen LogP contribution in [0.5, 0.6) is 0 Å². The van der Waals surface area contributed by atoms with E-state index in [2.05, 4.69) is 16.9 Å². The maximum atomic E-state index is 13.0. The first kappa shape index (κ1) is 24.1. The number of nitrogens with zero attached hydrogens (tertiary/aromatic N) is 2. The Bertz CT molecular complexity index is 1120. The van der Waals surface area contributed by atoms with E-state index in [1.165, 1.54) is 24.3 Å². The maximum absolute atomic E-state index is 13.0. The number of carbonyl (C=O) groups excluding carboxylic acids is 1. The highest BCUT2D eigenvalue weighted by Crippen LogP contribution is 2.33. The molecule has 3 unspecified atom stereocenters. The van der Waals surface area contributed by atoms with Gasteiger partial charge in [-0.1, -0.05) is 44.2 Å². The van der Waals surface area contributed by atoms with Crippen molar-refractivity contribution in [3.05, 3.63) is 94.7 Å². The SMILES string of the molecule is C=CC1CCC(C(OC(=O)c2cccc([N+](=O)[O-])c2)c2ccnc3ccccc23)NC1.CC. The number of para-hydroxylation sites is 1. The van der Waals surface area contributed by atoms with Gasteiger partial charge < -0.3 is 10.1 Å². The summed E-state index contributed by atoms with van der Waals surface area (Å²) in [5, 5.41) is 15.5. The molecule has 0 spiro atoms. The first-order valence-electron chi connectivity index (χ1n) is 11.2. The minimum atomic E-state index is -0.595. The molecule has 172 valence electrons. The second-order valence-electron chi connectivity index (χ2n) is 7.64. The number of esters is 1. The van der Waals surface area contributed by atoms with Crippen LogP contribution in [-0.2, 0) is 4.74 Å². The number of fused-ring (bicyclic) bond motifs is 1. The van der Waals surface area contributed by atoms with Gasteiger partial charge in [0.2, 0.25) is 0 Å². The summed E-state index contributed by atoms with van der Waals surface area (Å²) in [6.07, 6.45) is 4.83. The van der Waals surface area contributed by atoms with Crippen molar-refractivity contribution in [1.82, 2.24) is 10.3 Å². The van der Waals surface area contributed by atoms with Gasteiger partial charge in [-0.25, -0.2) is 4.79 Å². The lowest BCUT2D eigenvalue weighted by Crippen LogP contribution is -2.43. The lowest BCUT2D eigenvalue weighted by atomic mass is 9.88. The van der Waals surface area contributed by atoms with E-state index in [1.807, 2.05) is 50.3 Å². The number of ether oxygens (including phenoxy) is 1. The molecular weight excluding hydrogens is 418 g/mol. The minimum Gasteiger partial charge on any atom is -0.452 e. The van der Waals surface area contributed by atoms with Crippen molar-refractivity contribution in [2.45, 2.75) is 38.8 Å². The van der Waals surface area contributed by atoms with Crippen molar-refractivity contribution in [1.29, 1.82) is 0 Å². The molecule has 1 fully saturated rings. The number of aromatic nitrogens is 1. The minimum absolute atomic E-state index is 0.0929. The monoisotopic (exact) mass is 447 g/mol. The summed E-state index contributed by atoms with van der Waals surface area (Å²) in [4.78, 5) is 28.0. The highest BCUT2D eigenvalue weighted by molar-refractivity contribution is 5.91. The maximum Gasteiger partial charge on any atom is 0.339 e. The number of hydrogen-bond donors (Lipinski definition) is 1. The number of pyridine rings is 1. The Labute approximate surface area is 193 Å². The van der Waals surface area contributed by atoms with Crippen molar-refractivity contribution in [3.8, 4) is 0 Å². The molecule has 7 nitrogen and oxygen atoms in total. The number of nitro groups is 1. The number of non-ortho nitro benzene ring substituents is 1. The highest BCUT2D eigenvalue weighted by Gasteiger charge is 2.32. The molecule has 0 radical (unpaired) electrons. The van der Waals surface area contributed by atoms with Crippen LogP contribution in [0.15, 0.2) is 73.4 Å². The van der Waals surface area contributed by atoms with Gasteiger partial charge in [-0.3, -0.25) is 15.1 Å². The van der Waals surface area contributed by atoms with Gasteiger partial charge in [-0.2, -0.15) is 0 Å². The van der Waals surface area contributed by atoms with E-state index in [9.17, 15) is 14.9 Å². The van der Waals surface area contributed by atoms with Gasteiger partial charge in [-0.05, 0) is 37.0 Å². The van der Waals surface area contributed by atoms with E-state index >= 15 is 0 Å². The first-order valence-corrected chi connectivity index (χ1v) is 11.2. The van der Waals surface area contributed by atoms with Crippen molar-refractivity contribution >= 4 is 22.6 Å². The number of nitro benzene ring substituents is 1. The zero-order valence-corrected chi connectivity index (χ0v) is 18.9. The molecule has 0 bridgehead atoms. The zero-order valence-electron chi connectivity index (χ0n) is 18.9. The summed E-state index contributed by atoms with van der Waals surface area (Å²) in [7, 11) is 0. The van der Waals surface area contributed by atoms with E-state index in [0.29, 0.717) is 5.92 Å². The van der Waals surface area contributed by atoms with Crippen molar-refractivity contribution in [3.63, 3.8) is 0 Å². The fourth-order valence-electron chi connectivity index (χ4n) is 4.02. The molecule has 1 aromatic heterocycles. The highest BCUT2D eigenvalue weighted by atomic mass is 16.6. The molecule has 3 atom stereocenters. The molecule has 2 heterocycles. The molecule has 0 aliphatic carbocycles. The molecule has 3 aromatic rings. The van der Waals surface area contributed by atoms with Gasteiger partial charge >= 0.3 is 5.97 Å². The van der Waals surface area contributed by atoms with Gasteiger partial charge in [0.15, 0.2) is 0 Å². The normalized spacial score (nSPS) is 18.5. The molecule has 4 rings (SSSR count). The predicted molar refractivity (Wildman–Crippen MR) is 129 cm³/mol. The summed E-state index contributed by atoms with van der Waals surface area (Å²) in [6, 6.07) is 15.1. The second-order valence-corrected chi connectivity index (χ2v) is 7.64. The van der Waals surface area contributed by atoms with Crippen molar-refractivity contribution in [2.75, 3.05) is 6.54 Å². The molecule has 2 aromatic carbocycles. The van der Waals surface area contributed by atoms with Crippen LogP contribution >= 0.6 is 0 Å². The summed E-state index contributed by atoms with van der Waals surface area (Å²) < 4.78 is 6.00. The number of carbonyl (C=O) groups is 1.